The predicted octanol–water partition coefficient (Wildman–Crippen LogP) is 3.91. The van der Waals surface area contributed by atoms with E-state index in [1.807, 2.05) is 52.0 Å². The monoisotopic (exact) mass is 341 g/mol. The van der Waals surface area contributed by atoms with Crippen LogP contribution in [-0.4, -0.2) is 15.5 Å². The number of aryl methyl sites for hydroxylation is 2. The number of nitrogens with one attached hydrogen (secondary N) is 1. The lowest BCUT2D eigenvalue weighted by molar-refractivity contribution is 0.102. The third-order valence-corrected chi connectivity index (χ3v) is 5.06. The minimum absolute atomic E-state index is 0.0288. The van der Waals surface area contributed by atoms with Crippen molar-refractivity contribution >= 4 is 33.1 Å². The summed E-state index contributed by atoms with van der Waals surface area (Å²) in [6, 6.07) is 7.62. The average molecular weight is 341 g/mol. The first-order valence-corrected chi connectivity index (χ1v) is 8.59. The molecule has 0 radical (unpaired) electrons. The lowest BCUT2D eigenvalue weighted by atomic mass is 10.1. The summed E-state index contributed by atoms with van der Waals surface area (Å²) in [6.07, 6.45) is 1.52. The SMILES string of the molecule is Cc1ccccc1NC(=O)c1c(C)sc2c(=O)n(C(C)C)cnc12. The van der Waals surface area contributed by atoms with Crippen LogP contribution >= 0.6 is 11.3 Å². The topological polar surface area (TPSA) is 64.0 Å². The van der Waals surface area contributed by atoms with Gasteiger partial charge in [0.2, 0.25) is 0 Å². The van der Waals surface area contributed by atoms with Crippen molar-refractivity contribution in [2.75, 3.05) is 5.32 Å². The van der Waals surface area contributed by atoms with E-state index in [0.29, 0.717) is 15.8 Å². The van der Waals surface area contributed by atoms with Crippen LogP contribution in [0.3, 0.4) is 0 Å². The highest BCUT2D eigenvalue weighted by Crippen LogP contribution is 2.28. The summed E-state index contributed by atoms with van der Waals surface area (Å²) < 4.78 is 2.11. The second-order valence-corrected chi connectivity index (χ2v) is 7.26. The third kappa shape index (κ3) is 2.73. The van der Waals surface area contributed by atoms with Crippen molar-refractivity contribution in [2.24, 2.45) is 0 Å². The maximum atomic E-state index is 12.7. The van der Waals surface area contributed by atoms with E-state index in [0.717, 1.165) is 16.1 Å². The number of carbonyl (C=O) groups excluding carboxylic acids is 1. The Hall–Kier alpha value is -2.47. The van der Waals surface area contributed by atoms with Gasteiger partial charge in [0, 0.05) is 16.6 Å². The molecule has 0 aliphatic carbocycles. The van der Waals surface area contributed by atoms with Crippen LogP contribution in [-0.2, 0) is 0 Å². The van der Waals surface area contributed by atoms with Gasteiger partial charge in [-0.05, 0) is 39.3 Å². The van der Waals surface area contributed by atoms with Crippen LogP contribution in [0, 0.1) is 13.8 Å². The lowest BCUT2D eigenvalue weighted by Crippen LogP contribution is -2.22. The Morgan fingerprint density at radius 3 is 2.62 bits per heavy atom. The van der Waals surface area contributed by atoms with Crippen LogP contribution in [0.25, 0.3) is 10.2 Å². The number of amides is 1. The van der Waals surface area contributed by atoms with Crippen molar-refractivity contribution in [3.63, 3.8) is 0 Å². The van der Waals surface area contributed by atoms with E-state index in [4.69, 9.17) is 0 Å². The smallest absolute Gasteiger partial charge is 0.271 e. The van der Waals surface area contributed by atoms with E-state index in [1.54, 1.807) is 4.57 Å². The number of anilines is 1. The van der Waals surface area contributed by atoms with E-state index < -0.39 is 0 Å². The molecule has 6 heteroatoms. The summed E-state index contributed by atoms with van der Waals surface area (Å²) in [6.45, 7) is 7.65. The molecule has 124 valence electrons. The molecular formula is C18H19N3O2S. The van der Waals surface area contributed by atoms with E-state index in [9.17, 15) is 9.59 Å². The summed E-state index contributed by atoms with van der Waals surface area (Å²) in [5.41, 5.74) is 2.60. The quantitative estimate of drug-likeness (QED) is 0.785. The first-order chi connectivity index (χ1) is 11.4. The Labute approximate surface area is 144 Å². The number of para-hydroxylation sites is 1. The van der Waals surface area contributed by atoms with Gasteiger partial charge in [0.25, 0.3) is 11.5 Å². The third-order valence-electron chi connectivity index (χ3n) is 3.98. The van der Waals surface area contributed by atoms with Crippen LogP contribution in [0.4, 0.5) is 5.69 Å². The minimum atomic E-state index is -0.234. The molecule has 1 aromatic carbocycles. The molecule has 0 unspecified atom stereocenters. The summed E-state index contributed by atoms with van der Waals surface area (Å²) in [5.74, 6) is -0.234. The van der Waals surface area contributed by atoms with Gasteiger partial charge in [-0.2, -0.15) is 0 Å². The van der Waals surface area contributed by atoms with Crippen molar-refractivity contribution < 1.29 is 4.79 Å². The predicted molar refractivity (Wildman–Crippen MR) is 98.1 cm³/mol. The molecule has 0 saturated heterocycles. The molecule has 0 saturated carbocycles. The van der Waals surface area contributed by atoms with Gasteiger partial charge < -0.3 is 5.32 Å². The maximum absolute atomic E-state index is 12.7. The number of carbonyl (C=O) groups is 1. The van der Waals surface area contributed by atoms with E-state index in [1.165, 1.54) is 17.7 Å². The molecule has 1 N–H and O–H groups in total. The maximum Gasteiger partial charge on any atom is 0.271 e. The highest BCUT2D eigenvalue weighted by Gasteiger charge is 2.21. The highest BCUT2D eigenvalue weighted by atomic mass is 32.1. The molecule has 3 rings (SSSR count). The Morgan fingerprint density at radius 2 is 1.96 bits per heavy atom. The molecule has 0 bridgehead atoms. The average Bonchev–Trinajstić information content (AvgIpc) is 2.86. The Bertz CT molecular complexity index is 986. The Kier molecular flexibility index (Phi) is 4.24. The zero-order chi connectivity index (χ0) is 17.4. The van der Waals surface area contributed by atoms with Crippen LogP contribution in [0.5, 0.6) is 0 Å². The van der Waals surface area contributed by atoms with Gasteiger partial charge in [-0.25, -0.2) is 4.98 Å². The van der Waals surface area contributed by atoms with Crippen molar-refractivity contribution in [1.82, 2.24) is 9.55 Å². The molecular weight excluding hydrogens is 322 g/mol. The normalized spacial score (nSPS) is 11.2. The van der Waals surface area contributed by atoms with Crippen molar-refractivity contribution in [3.05, 3.63) is 57.0 Å². The highest BCUT2D eigenvalue weighted by molar-refractivity contribution is 7.19. The van der Waals surface area contributed by atoms with Crippen LogP contribution in [0.1, 0.15) is 40.7 Å². The second kappa shape index (κ2) is 6.20. The van der Waals surface area contributed by atoms with Gasteiger partial charge in [-0.3, -0.25) is 14.2 Å². The second-order valence-electron chi connectivity index (χ2n) is 6.03. The van der Waals surface area contributed by atoms with Gasteiger partial charge in [-0.15, -0.1) is 11.3 Å². The van der Waals surface area contributed by atoms with Crippen LogP contribution < -0.4 is 10.9 Å². The van der Waals surface area contributed by atoms with Gasteiger partial charge in [0.1, 0.15) is 10.2 Å². The molecule has 1 amide bonds. The number of rotatable bonds is 3. The van der Waals surface area contributed by atoms with Crippen molar-refractivity contribution in [3.8, 4) is 0 Å². The molecule has 2 heterocycles. The lowest BCUT2D eigenvalue weighted by Gasteiger charge is -2.09. The zero-order valence-corrected chi connectivity index (χ0v) is 14.9. The Balaban J connectivity index is 2.08. The van der Waals surface area contributed by atoms with Gasteiger partial charge in [-0.1, -0.05) is 18.2 Å². The van der Waals surface area contributed by atoms with E-state index in [-0.39, 0.29) is 17.5 Å². The van der Waals surface area contributed by atoms with Gasteiger partial charge in [0.05, 0.1) is 11.9 Å². The molecule has 0 aliphatic rings. The largest absolute Gasteiger partial charge is 0.322 e. The molecule has 0 aliphatic heterocycles. The number of fused-ring (bicyclic) bond motifs is 1. The first-order valence-electron chi connectivity index (χ1n) is 7.77. The molecule has 0 spiro atoms. The van der Waals surface area contributed by atoms with E-state index >= 15 is 0 Å². The zero-order valence-electron chi connectivity index (χ0n) is 14.1. The molecule has 2 aromatic heterocycles. The number of nitrogens with zero attached hydrogens (tertiary/aromatic N) is 2. The van der Waals surface area contributed by atoms with Crippen molar-refractivity contribution in [2.45, 2.75) is 33.7 Å². The summed E-state index contributed by atoms with van der Waals surface area (Å²) in [5, 5.41) is 2.92. The fraction of sp³-hybridized carbons (Fsp3) is 0.278. The number of aromatic nitrogens is 2. The fourth-order valence-electron chi connectivity index (χ4n) is 2.62. The summed E-state index contributed by atoms with van der Waals surface area (Å²) >= 11 is 1.32. The van der Waals surface area contributed by atoms with Crippen LogP contribution in [0.2, 0.25) is 0 Å². The van der Waals surface area contributed by atoms with Crippen molar-refractivity contribution in [1.29, 1.82) is 0 Å². The minimum Gasteiger partial charge on any atom is -0.322 e. The molecule has 3 aromatic rings. The van der Waals surface area contributed by atoms with Crippen LogP contribution in [0.15, 0.2) is 35.4 Å². The molecule has 0 atom stereocenters. The van der Waals surface area contributed by atoms with E-state index in [2.05, 4.69) is 10.3 Å². The standard InChI is InChI=1S/C18H19N3O2S/c1-10(2)21-9-19-15-14(12(4)24-16(15)18(21)23)17(22)20-13-8-6-5-7-11(13)3/h5-10H,1-4H3,(H,20,22). The fourth-order valence-corrected chi connectivity index (χ4v) is 3.67. The first kappa shape index (κ1) is 16.4. The Morgan fingerprint density at radius 1 is 1.25 bits per heavy atom. The molecule has 0 fully saturated rings. The number of hydrogen-bond donors (Lipinski definition) is 1. The number of benzene rings is 1. The summed E-state index contributed by atoms with van der Waals surface area (Å²) in [4.78, 5) is 30.5. The number of hydrogen-bond acceptors (Lipinski definition) is 4. The number of thiophene rings is 1. The van der Waals surface area contributed by atoms with Gasteiger partial charge in [0.15, 0.2) is 0 Å². The van der Waals surface area contributed by atoms with Gasteiger partial charge >= 0.3 is 0 Å². The summed E-state index contributed by atoms with van der Waals surface area (Å²) in [7, 11) is 0. The molecule has 5 nitrogen and oxygen atoms in total. The molecule has 24 heavy (non-hydrogen) atoms.